The monoisotopic (exact) mass is 734 g/mol. The molecule has 0 spiro atoms. The molecule has 4 saturated carbocycles. The van der Waals surface area contributed by atoms with Gasteiger partial charge in [-0.2, -0.15) is 4.31 Å². The summed E-state index contributed by atoms with van der Waals surface area (Å²) in [6, 6.07) is -3.68. The fraction of sp³-hybridized carbons (Fsp3) is 0.865. The average Bonchev–Trinajstić information content (AvgIpc) is 3.98. The summed E-state index contributed by atoms with van der Waals surface area (Å²) in [5.74, 6) is -2.19. The Bertz CT molecular complexity index is 1480. The van der Waals surface area contributed by atoms with E-state index in [0.29, 0.717) is 32.4 Å². The van der Waals surface area contributed by atoms with Gasteiger partial charge in [-0.15, -0.1) is 0 Å². The van der Waals surface area contributed by atoms with Crippen LogP contribution in [0, 0.1) is 28.6 Å². The molecule has 1 saturated heterocycles. The summed E-state index contributed by atoms with van der Waals surface area (Å²) < 4.78 is 28.6. The summed E-state index contributed by atoms with van der Waals surface area (Å²) in [4.78, 5) is 70.2. The molecule has 1 heterocycles. The van der Waals surface area contributed by atoms with Gasteiger partial charge in [-0.25, -0.2) is 13.2 Å². The Morgan fingerprint density at radius 1 is 0.941 bits per heavy atom. The number of urea groups is 1. The van der Waals surface area contributed by atoms with Gasteiger partial charge in [0.1, 0.15) is 12.1 Å². The Hall–Kier alpha value is -2.74. The van der Waals surface area contributed by atoms with Gasteiger partial charge in [-0.3, -0.25) is 19.2 Å². The minimum atomic E-state index is -3.70. The van der Waals surface area contributed by atoms with E-state index in [0.717, 1.165) is 44.9 Å². The fourth-order valence-electron chi connectivity index (χ4n) is 8.70. The van der Waals surface area contributed by atoms with Gasteiger partial charge in [0.15, 0.2) is 0 Å². The van der Waals surface area contributed by atoms with Crippen molar-refractivity contribution in [2.24, 2.45) is 28.6 Å². The molecule has 51 heavy (non-hydrogen) atoms. The first-order chi connectivity index (χ1) is 23.7. The molecule has 4 N–H and O–H groups in total. The number of rotatable bonds is 15. The van der Waals surface area contributed by atoms with E-state index < -0.39 is 68.6 Å². The molecule has 1 aliphatic heterocycles. The predicted octanol–water partition coefficient (Wildman–Crippen LogP) is 3.08. The molecule has 5 amide bonds. The summed E-state index contributed by atoms with van der Waals surface area (Å²) >= 11 is 0. The number of hydrogen-bond acceptors (Lipinski definition) is 7. The second-order valence-electron chi connectivity index (χ2n) is 18.0. The number of Topliss-reactive ketones (excluding diaryl/α,β-unsaturated/α-hetero) is 1. The molecule has 5 rings (SSSR count). The number of carbonyl (C=O) groups excluding carboxylic acids is 5. The van der Waals surface area contributed by atoms with E-state index >= 15 is 0 Å². The number of nitrogens with zero attached hydrogens (tertiary/aromatic N) is 2. The summed E-state index contributed by atoms with van der Waals surface area (Å²) in [5.41, 5.74) is -1.93. The number of likely N-dealkylation sites (tertiary alicyclic amines) is 1. The Labute approximate surface area is 304 Å². The first-order valence-electron chi connectivity index (χ1n) is 19.2. The lowest BCUT2D eigenvalue weighted by molar-refractivity contribution is -0.145. The van der Waals surface area contributed by atoms with Crippen molar-refractivity contribution < 1.29 is 32.4 Å². The number of hydrogen-bond donors (Lipinski definition) is 4. The first kappa shape index (κ1) is 39.5. The minimum Gasteiger partial charge on any atom is -0.347 e. The number of fused-ring (bicyclic) bond motifs is 1. The molecular formula is C37H62N6O7S. The third kappa shape index (κ3) is 8.91. The van der Waals surface area contributed by atoms with E-state index in [4.69, 9.17) is 0 Å². The average molecular weight is 735 g/mol. The van der Waals surface area contributed by atoms with Crippen molar-refractivity contribution >= 4 is 39.6 Å². The van der Waals surface area contributed by atoms with Crippen LogP contribution in [0.3, 0.4) is 0 Å². The Balaban J connectivity index is 1.33. The molecule has 0 aromatic rings. The van der Waals surface area contributed by atoms with Crippen molar-refractivity contribution in [2.75, 3.05) is 18.8 Å². The van der Waals surface area contributed by atoms with E-state index in [2.05, 4.69) is 35.1 Å². The van der Waals surface area contributed by atoms with Gasteiger partial charge in [0.25, 0.3) is 5.91 Å². The van der Waals surface area contributed by atoms with Gasteiger partial charge < -0.3 is 26.2 Å². The molecule has 5 aliphatic rings. The highest BCUT2D eigenvalue weighted by Gasteiger charge is 2.70. The lowest BCUT2D eigenvalue weighted by Crippen LogP contribution is -2.64. The van der Waals surface area contributed by atoms with Gasteiger partial charge in [0.2, 0.25) is 27.6 Å². The van der Waals surface area contributed by atoms with Crippen molar-refractivity contribution in [3.8, 4) is 0 Å². The second-order valence-corrected chi connectivity index (χ2v) is 20.0. The van der Waals surface area contributed by atoms with Crippen LogP contribution in [0.25, 0.3) is 0 Å². The largest absolute Gasteiger partial charge is 0.347 e. The molecule has 0 unspecified atom stereocenters. The molecule has 4 aliphatic carbocycles. The van der Waals surface area contributed by atoms with Gasteiger partial charge in [-0.05, 0) is 74.5 Å². The van der Waals surface area contributed by atoms with Crippen LogP contribution < -0.4 is 21.3 Å². The van der Waals surface area contributed by atoms with Gasteiger partial charge in [0.05, 0.1) is 17.3 Å². The van der Waals surface area contributed by atoms with Crippen LogP contribution in [0.15, 0.2) is 0 Å². The number of ketones is 1. The van der Waals surface area contributed by atoms with Crippen molar-refractivity contribution in [1.82, 2.24) is 30.5 Å². The standard InChI is InChI=1S/C37H62N6O7S/c1-9-43(22(2)3)51(49,50)21-37(17-11-10-12-18-37)41-34(48)40-30(35(4,5)6)33(47)42-20-25-27(36(25,7)8)28(42)31(45)39-26(19-23-13-14-23)29(44)32(46)38-24-15-16-24/h22-28,30H,9-21H2,1-8H3,(H,38,46)(H,39,45)(H2,40,41,48)/t25-,26-,27-,28-,30+/m0/s1. The van der Waals surface area contributed by atoms with E-state index in [9.17, 15) is 32.4 Å². The first-order valence-corrected chi connectivity index (χ1v) is 20.9. The van der Waals surface area contributed by atoms with Crippen molar-refractivity contribution in [3.05, 3.63) is 0 Å². The molecule has 0 bridgehead atoms. The van der Waals surface area contributed by atoms with Crippen LogP contribution in [0.1, 0.15) is 120 Å². The number of nitrogens with one attached hydrogen (secondary N) is 4. The fourth-order valence-corrected chi connectivity index (χ4v) is 11.0. The maximum atomic E-state index is 14.5. The quantitative estimate of drug-likeness (QED) is 0.187. The van der Waals surface area contributed by atoms with Crippen LogP contribution in [0.4, 0.5) is 4.79 Å². The number of carbonyl (C=O) groups is 5. The molecular weight excluding hydrogens is 673 g/mol. The van der Waals surface area contributed by atoms with Crippen LogP contribution in [0.5, 0.6) is 0 Å². The summed E-state index contributed by atoms with van der Waals surface area (Å²) in [6.07, 6.45) is 7.48. The van der Waals surface area contributed by atoms with E-state index in [1.807, 2.05) is 34.6 Å². The maximum Gasteiger partial charge on any atom is 0.315 e. The molecule has 5 atom stereocenters. The normalized spacial score (nSPS) is 26.5. The Morgan fingerprint density at radius 3 is 2.10 bits per heavy atom. The van der Waals surface area contributed by atoms with E-state index in [1.54, 1.807) is 11.8 Å². The summed E-state index contributed by atoms with van der Waals surface area (Å²) in [6.45, 7) is 15.8. The Morgan fingerprint density at radius 2 is 1.57 bits per heavy atom. The van der Waals surface area contributed by atoms with Crippen LogP contribution in [0.2, 0.25) is 0 Å². The van der Waals surface area contributed by atoms with Crippen LogP contribution in [-0.4, -0.2) is 102 Å². The summed E-state index contributed by atoms with van der Waals surface area (Å²) in [5, 5.41) is 11.6. The molecule has 288 valence electrons. The third-order valence-corrected chi connectivity index (χ3v) is 14.4. The molecule has 0 aromatic carbocycles. The Kier molecular flexibility index (Phi) is 11.3. The highest BCUT2D eigenvalue weighted by molar-refractivity contribution is 7.89. The molecule has 0 radical (unpaired) electrons. The van der Waals surface area contributed by atoms with Crippen LogP contribution >= 0.6 is 0 Å². The number of piperidine rings is 1. The SMILES string of the molecule is CCN(C(C)C)S(=O)(=O)CC1(NC(=O)N[C@H](C(=O)N2C[C@H]3[C@@H]([C@H]2C(=O)N[C@@H](CC2CC2)C(=O)C(=O)NC2CC2)C3(C)C)C(C)(C)C)CCCCC1. The lowest BCUT2D eigenvalue weighted by atomic mass is 9.83. The van der Waals surface area contributed by atoms with Gasteiger partial charge >= 0.3 is 6.03 Å². The second kappa shape index (κ2) is 14.6. The maximum absolute atomic E-state index is 14.5. The topological polar surface area (TPSA) is 174 Å². The highest BCUT2D eigenvalue weighted by Crippen LogP contribution is 2.65. The van der Waals surface area contributed by atoms with E-state index in [1.165, 1.54) is 4.31 Å². The summed E-state index contributed by atoms with van der Waals surface area (Å²) in [7, 11) is -3.70. The van der Waals surface area contributed by atoms with Gasteiger partial charge in [-0.1, -0.05) is 73.6 Å². The van der Waals surface area contributed by atoms with Crippen LogP contribution in [-0.2, 0) is 29.2 Å². The zero-order chi connectivity index (χ0) is 37.7. The van der Waals surface area contributed by atoms with Crippen molar-refractivity contribution in [3.63, 3.8) is 0 Å². The third-order valence-electron chi connectivity index (χ3n) is 12.1. The number of sulfonamides is 1. The van der Waals surface area contributed by atoms with Crippen molar-refractivity contribution in [1.29, 1.82) is 0 Å². The van der Waals surface area contributed by atoms with E-state index in [-0.39, 0.29) is 41.0 Å². The molecule has 14 heteroatoms. The smallest absolute Gasteiger partial charge is 0.315 e. The molecule has 13 nitrogen and oxygen atoms in total. The zero-order valence-electron chi connectivity index (χ0n) is 32.0. The minimum absolute atomic E-state index is 0.0113. The molecule has 5 fully saturated rings. The van der Waals surface area contributed by atoms with Crippen molar-refractivity contribution in [2.45, 2.75) is 155 Å². The predicted molar refractivity (Wildman–Crippen MR) is 194 cm³/mol. The number of amides is 5. The lowest BCUT2D eigenvalue weighted by Gasteiger charge is -2.41. The molecule has 0 aromatic heterocycles. The van der Waals surface area contributed by atoms with Gasteiger partial charge in [0, 0.05) is 25.2 Å². The zero-order valence-corrected chi connectivity index (χ0v) is 32.8. The highest BCUT2D eigenvalue weighted by atomic mass is 32.2.